The number of hydrogen-bond acceptors (Lipinski definition) is 4. The molecule has 3 amide bonds. The lowest BCUT2D eigenvalue weighted by Crippen LogP contribution is -2.47. The Bertz CT molecular complexity index is 1380. The Balaban J connectivity index is 1.35. The van der Waals surface area contributed by atoms with Gasteiger partial charge in [-0.05, 0) is 99.2 Å². The van der Waals surface area contributed by atoms with E-state index < -0.39 is 0 Å². The molecule has 8 heteroatoms. The van der Waals surface area contributed by atoms with Gasteiger partial charge in [0.15, 0.2) is 0 Å². The monoisotopic (exact) mass is 559 g/mol. The third-order valence-corrected chi connectivity index (χ3v) is 8.27. The zero-order chi connectivity index (χ0) is 28.4. The van der Waals surface area contributed by atoms with E-state index >= 15 is 0 Å². The van der Waals surface area contributed by atoms with E-state index in [1.54, 1.807) is 36.1 Å². The predicted molar refractivity (Wildman–Crippen MR) is 157 cm³/mol. The minimum atomic E-state index is -0.236. The average molecular weight is 560 g/mol. The van der Waals surface area contributed by atoms with Crippen LogP contribution in [0, 0.1) is 5.92 Å². The van der Waals surface area contributed by atoms with Gasteiger partial charge in [-0.25, -0.2) is 0 Å². The lowest BCUT2D eigenvalue weighted by molar-refractivity contribution is -0.123. The Morgan fingerprint density at radius 3 is 2.20 bits per heavy atom. The first-order valence-corrected chi connectivity index (χ1v) is 14.1. The summed E-state index contributed by atoms with van der Waals surface area (Å²) in [5.41, 5.74) is 8.48. The lowest BCUT2D eigenvalue weighted by atomic mass is 9.87. The van der Waals surface area contributed by atoms with Crippen LogP contribution in [-0.2, 0) is 9.59 Å². The van der Waals surface area contributed by atoms with Crippen LogP contribution >= 0.6 is 11.6 Å². The van der Waals surface area contributed by atoms with Crippen molar-refractivity contribution in [3.63, 3.8) is 0 Å². The highest BCUT2D eigenvalue weighted by molar-refractivity contribution is 6.30. The van der Waals surface area contributed by atoms with Gasteiger partial charge >= 0.3 is 0 Å². The zero-order valence-electron chi connectivity index (χ0n) is 22.8. The van der Waals surface area contributed by atoms with Crippen molar-refractivity contribution in [2.75, 3.05) is 9.80 Å². The number of halogens is 1. The van der Waals surface area contributed by atoms with E-state index in [1.165, 1.54) is 0 Å². The number of fused-ring (bicyclic) bond motifs is 1. The first-order chi connectivity index (χ1) is 19.2. The van der Waals surface area contributed by atoms with Crippen molar-refractivity contribution in [2.24, 2.45) is 11.7 Å². The molecule has 0 spiro atoms. The van der Waals surface area contributed by atoms with Gasteiger partial charge in [0.25, 0.3) is 5.91 Å². The van der Waals surface area contributed by atoms with E-state index in [1.807, 2.05) is 60.4 Å². The molecule has 2 atom stereocenters. The maximum absolute atomic E-state index is 13.8. The summed E-state index contributed by atoms with van der Waals surface area (Å²) in [5, 5.41) is 0.605. The fraction of sp³-hybridized carbons (Fsp3) is 0.344. The molecule has 3 aromatic carbocycles. The number of benzene rings is 3. The number of amides is 3. The Morgan fingerprint density at radius 1 is 0.925 bits per heavy atom. The van der Waals surface area contributed by atoms with Gasteiger partial charge in [-0.1, -0.05) is 29.8 Å². The highest BCUT2D eigenvalue weighted by atomic mass is 35.5. The molecule has 0 aromatic heterocycles. The quantitative estimate of drug-likeness (QED) is 0.384. The van der Waals surface area contributed by atoms with Crippen molar-refractivity contribution in [3.05, 3.63) is 88.9 Å². The van der Waals surface area contributed by atoms with Crippen LogP contribution in [0.4, 0.5) is 11.4 Å². The van der Waals surface area contributed by atoms with Crippen LogP contribution in [0.2, 0.25) is 5.02 Å². The topological polar surface area (TPSA) is 92.9 Å². The van der Waals surface area contributed by atoms with E-state index in [-0.39, 0.29) is 41.8 Å². The highest BCUT2D eigenvalue weighted by Gasteiger charge is 2.38. The molecule has 0 radical (unpaired) electrons. The van der Waals surface area contributed by atoms with Gasteiger partial charge in [0, 0.05) is 40.8 Å². The molecule has 5 rings (SSSR count). The fourth-order valence-corrected chi connectivity index (χ4v) is 6.12. The number of carbonyl (C=O) groups is 3. The normalized spacial score (nSPS) is 22.2. The number of rotatable bonds is 6. The second-order valence-electron chi connectivity index (χ2n) is 10.7. The number of nitrogens with two attached hydrogens (primary N) is 1. The summed E-state index contributed by atoms with van der Waals surface area (Å²) in [6.07, 6.45) is 3.66. The summed E-state index contributed by atoms with van der Waals surface area (Å²) >= 11 is 6.10. The molecule has 1 unspecified atom stereocenters. The molecule has 1 heterocycles. The van der Waals surface area contributed by atoms with Gasteiger partial charge in [-0.15, -0.1) is 0 Å². The molecule has 40 heavy (non-hydrogen) atoms. The Kier molecular flexibility index (Phi) is 8.12. The number of hydrogen-bond donors (Lipinski definition) is 1. The number of anilines is 2. The van der Waals surface area contributed by atoms with Crippen molar-refractivity contribution >= 4 is 40.7 Å². The molecule has 1 saturated carbocycles. The van der Waals surface area contributed by atoms with Crippen LogP contribution in [-0.4, -0.2) is 29.9 Å². The Labute approximate surface area is 239 Å². The molecule has 1 fully saturated rings. The van der Waals surface area contributed by atoms with Crippen LogP contribution in [0.5, 0.6) is 5.75 Å². The van der Waals surface area contributed by atoms with Crippen LogP contribution in [0.3, 0.4) is 0 Å². The zero-order valence-corrected chi connectivity index (χ0v) is 23.5. The maximum Gasteiger partial charge on any atom is 0.258 e. The summed E-state index contributed by atoms with van der Waals surface area (Å²) in [7, 11) is 0. The van der Waals surface area contributed by atoms with E-state index in [9.17, 15) is 14.4 Å². The van der Waals surface area contributed by atoms with Crippen LogP contribution in [0.1, 0.15) is 67.9 Å². The molecule has 3 aromatic rings. The number of primary amides is 1. The van der Waals surface area contributed by atoms with E-state index in [0.29, 0.717) is 22.8 Å². The molecule has 1 aliphatic carbocycles. The molecule has 1 aliphatic heterocycles. The van der Waals surface area contributed by atoms with Gasteiger partial charge in [-0.3, -0.25) is 14.4 Å². The Hall–Kier alpha value is -3.84. The van der Waals surface area contributed by atoms with Crippen molar-refractivity contribution in [1.29, 1.82) is 0 Å². The van der Waals surface area contributed by atoms with Crippen molar-refractivity contribution in [3.8, 4) is 5.75 Å². The molecule has 2 N–H and O–H groups in total. The number of nitrogens with zero attached hydrogens (tertiary/aromatic N) is 2. The number of para-hydroxylation sites is 1. The maximum atomic E-state index is 13.8. The van der Waals surface area contributed by atoms with Crippen molar-refractivity contribution in [2.45, 2.75) is 64.1 Å². The number of carbonyl (C=O) groups excluding carboxylic acids is 3. The van der Waals surface area contributed by atoms with Gasteiger partial charge in [0.1, 0.15) is 5.75 Å². The minimum Gasteiger partial charge on any atom is -0.490 e. The van der Waals surface area contributed by atoms with Gasteiger partial charge in [0.2, 0.25) is 11.8 Å². The third-order valence-electron chi connectivity index (χ3n) is 8.02. The van der Waals surface area contributed by atoms with Gasteiger partial charge < -0.3 is 20.3 Å². The summed E-state index contributed by atoms with van der Waals surface area (Å²) in [4.78, 5) is 41.8. The highest BCUT2D eigenvalue weighted by Crippen LogP contribution is 2.43. The van der Waals surface area contributed by atoms with Crippen LogP contribution < -0.4 is 20.3 Å². The van der Waals surface area contributed by atoms with Crippen molar-refractivity contribution < 1.29 is 19.1 Å². The van der Waals surface area contributed by atoms with E-state index in [0.717, 1.165) is 42.6 Å². The SMILES string of the molecule is CC(=O)N(c1ccc(Cl)cc1)C1C[C@H](C)N(C(=O)c2ccc(OC3CCC(C(N)=O)CC3)cc2)c2ccccc21. The summed E-state index contributed by atoms with van der Waals surface area (Å²) in [6, 6.07) is 21.9. The van der Waals surface area contributed by atoms with Crippen LogP contribution in [0.25, 0.3) is 0 Å². The van der Waals surface area contributed by atoms with E-state index in [4.69, 9.17) is 22.1 Å². The van der Waals surface area contributed by atoms with Gasteiger partial charge in [-0.2, -0.15) is 0 Å². The fourth-order valence-electron chi connectivity index (χ4n) is 5.99. The lowest BCUT2D eigenvalue weighted by Gasteiger charge is -2.43. The summed E-state index contributed by atoms with van der Waals surface area (Å²) in [5.74, 6) is 0.217. The third kappa shape index (κ3) is 5.70. The second-order valence-corrected chi connectivity index (χ2v) is 11.2. The van der Waals surface area contributed by atoms with Gasteiger partial charge in [0.05, 0.1) is 12.1 Å². The second kappa shape index (κ2) is 11.7. The van der Waals surface area contributed by atoms with E-state index in [2.05, 4.69) is 0 Å². The smallest absolute Gasteiger partial charge is 0.258 e. The first kappa shape index (κ1) is 27.7. The average Bonchev–Trinajstić information content (AvgIpc) is 2.94. The minimum absolute atomic E-state index is 0.0351. The standard InChI is InChI=1S/C32H34ClN3O4/c1-20-19-30(36(21(2)37)25-13-11-24(33)12-14-25)28-5-3-4-6-29(28)35(20)32(39)23-9-17-27(18-10-23)40-26-15-7-22(8-16-26)31(34)38/h3-6,9-14,17-18,20,22,26,30H,7-8,15-16,19H2,1-2H3,(H2,34,38)/t20-,22?,26?,30?/m0/s1. The first-order valence-electron chi connectivity index (χ1n) is 13.8. The predicted octanol–water partition coefficient (Wildman–Crippen LogP) is 6.30. The molecule has 2 aliphatic rings. The molecule has 7 nitrogen and oxygen atoms in total. The Morgan fingerprint density at radius 2 is 1.57 bits per heavy atom. The largest absolute Gasteiger partial charge is 0.490 e. The van der Waals surface area contributed by atoms with Crippen LogP contribution in [0.15, 0.2) is 72.8 Å². The molecule has 0 saturated heterocycles. The molecular weight excluding hydrogens is 526 g/mol. The van der Waals surface area contributed by atoms with Crippen molar-refractivity contribution in [1.82, 2.24) is 0 Å². The summed E-state index contributed by atoms with van der Waals surface area (Å²) < 4.78 is 6.13. The molecular formula is C32H34ClN3O4. The number of ether oxygens (including phenoxy) is 1. The summed E-state index contributed by atoms with van der Waals surface area (Å²) in [6.45, 7) is 3.58. The molecule has 0 bridgehead atoms. The molecule has 208 valence electrons.